The average Bonchev–Trinajstić information content (AvgIpc) is 3.62. The number of halogens is 1. The molecule has 3 heterocycles. The lowest BCUT2D eigenvalue weighted by Crippen LogP contribution is -2.44. The Labute approximate surface area is 221 Å². The first-order valence-corrected chi connectivity index (χ1v) is 12.5. The lowest BCUT2D eigenvalue weighted by atomic mass is 10.1. The number of hydrogen-bond acceptors (Lipinski definition) is 6. The number of para-hydroxylation sites is 1. The molecule has 10 nitrogen and oxygen atoms in total. The number of imidazole rings is 1. The summed E-state index contributed by atoms with van der Waals surface area (Å²) in [5.41, 5.74) is 0.848. The third kappa shape index (κ3) is 5.15. The molecular formula is C26H32ClN7O3. The molecule has 196 valence electrons. The van der Waals surface area contributed by atoms with E-state index in [2.05, 4.69) is 27.4 Å². The van der Waals surface area contributed by atoms with Gasteiger partial charge in [0, 0.05) is 32.2 Å². The number of amides is 1. The highest BCUT2D eigenvalue weighted by Crippen LogP contribution is 2.22. The number of aromatic nitrogens is 4. The lowest BCUT2D eigenvalue weighted by molar-refractivity contribution is -0.121. The predicted molar refractivity (Wildman–Crippen MR) is 146 cm³/mol. The quantitative estimate of drug-likeness (QED) is 0.447. The van der Waals surface area contributed by atoms with Gasteiger partial charge in [0.15, 0.2) is 11.2 Å². The predicted octanol–water partition coefficient (Wildman–Crippen LogP) is 1.04. The topological polar surface area (TPSA) is 106 Å². The summed E-state index contributed by atoms with van der Waals surface area (Å²) in [5, 5.41) is 6.27. The molecule has 0 radical (unpaired) electrons. The lowest BCUT2D eigenvalue weighted by Gasteiger charge is -2.28. The molecule has 1 saturated heterocycles. The van der Waals surface area contributed by atoms with Crippen LogP contribution in [0.15, 0.2) is 33.9 Å². The minimum Gasteiger partial charge on any atom is -0.352 e. The minimum absolute atomic E-state index is 0. The van der Waals surface area contributed by atoms with E-state index in [1.807, 2.05) is 19.1 Å². The van der Waals surface area contributed by atoms with Gasteiger partial charge in [-0.1, -0.05) is 31.0 Å². The summed E-state index contributed by atoms with van der Waals surface area (Å²) in [4.78, 5) is 47.6. The monoisotopic (exact) mass is 525 g/mol. The molecule has 37 heavy (non-hydrogen) atoms. The second-order valence-corrected chi connectivity index (χ2v) is 9.17. The number of benzene rings is 1. The average molecular weight is 526 g/mol. The Bertz CT molecular complexity index is 1480. The Hall–Kier alpha value is -3.55. The fourth-order valence-corrected chi connectivity index (χ4v) is 4.67. The normalized spacial score (nSPS) is 15.1. The van der Waals surface area contributed by atoms with Crippen LogP contribution in [0.4, 0.5) is 5.95 Å². The molecule has 11 heteroatoms. The van der Waals surface area contributed by atoms with Crippen molar-refractivity contribution in [3.8, 4) is 17.5 Å². The number of rotatable bonds is 7. The molecule has 3 aromatic rings. The van der Waals surface area contributed by atoms with Crippen LogP contribution in [-0.2, 0) is 24.3 Å². The van der Waals surface area contributed by atoms with Crippen LogP contribution in [0.1, 0.15) is 32.3 Å². The molecule has 0 bridgehead atoms. The molecular weight excluding hydrogens is 494 g/mol. The molecule has 1 saturated carbocycles. The van der Waals surface area contributed by atoms with Crippen LogP contribution in [0, 0.1) is 11.8 Å². The van der Waals surface area contributed by atoms with E-state index < -0.39 is 11.2 Å². The van der Waals surface area contributed by atoms with Gasteiger partial charge < -0.3 is 15.5 Å². The number of anilines is 1. The summed E-state index contributed by atoms with van der Waals surface area (Å²) in [6.45, 7) is 6.76. The van der Waals surface area contributed by atoms with E-state index >= 15 is 0 Å². The van der Waals surface area contributed by atoms with Crippen molar-refractivity contribution >= 4 is 35.4 Å². The number of fused-ring (bicyclic) bond motifs is 1. The molecule has 1 aromatic carbocycles. The molecule has 0 unspecified atom stereocenters. The summed E-state index contributed by atoms with van der Waals surface area (Å²) in [5.74, 6) is 6.28. The largest absolute Gasteiger partial charge is 0.352 e. The van der Waals surface area contributed by atoms with Gasteiger partial charge in [0.25, 0.3) is 5.56 Å². The van der Waals surface area contributed by atoms with Crippen LogP contribution in [0.2, 0.25) is 0 Å². The van der Waals surface area contributed by atoms with Crippen LogP contribution in [-0.4, -0.2) is 56.8 Å². The Kier molecular flexibility index (Phi) is 8.05. The van der Waals surface area contributed by atoms with Gasteiger partial charge in [0.1, 0.15) is 6.54 Å². The smallest absolute Gasteiger partial charge is 0.337 e. The van der Waals surface area contributed by atoms with E-state index in [0.717, 1.165) is 31.5 Å². The van der Waals surface area contributed by atoms with Crippen molar-refractivity contribution in [2.45, 2.75) is 52.2 Å². The summed E-state index contributed by atoms with van der Waals surface area (Å²) >= 11 is 0. The fourth-order valence-electron chi connectivity index (χ4n) is 4.67. The first-order chi connectivity index (χ1) is 17.5. The minimum atomic E-state index is -0.572. The van der Waals surface area contributed by atoms with Crippen LogP contribution in [0.5, 0.6) is 0 Å². The van der Waals surface area contributed by atoms with Crippen molar-refractivity contribution in [2.24, 2.45) is 0 Å². The Morgan fingerprint density at radius 3 is 2.57 bits per heavy atom. The Morgan fingerprint density at radius 1 is 1.16 bits per heavy atom. The van der Waals surface area contributed by atoms with E-state index in [-0.39, 0.29) is 48.6 Å². The van der Waals surface area contributed by atoms with Crippen molar-refractivity contribution in [3.05, 3.63) is 50.7 Å². The molecule has 0 atom stereocenters. The molecule has 1 amide bonds. The number of carbonyl (C=O) groups excluding carboxylic acids is 1. The number of aryl methyl sites for hydroxylation is 1. The highest BCUT2D eigenvalue weighted by Gasteiger charge is 2.28. The van der Waals surface area contributed by atoms with E-state index in [4.69, 9.17) is 4.98 Å². The maximum atomic E-state index is 14.0. The Balaban J connectivity index is 0.00000320. The van der Waals surface area contributed by atoms with E-state index in [1.54, 1.807) is 23.6 Å². The van der Waals surface area contributed by atoms with E-state index in [0.29, 0.717) is 31.1 Å². The standard InChI is InChI=1S/C26H31N7O3.ClH/c1-3-5-14-31-22-23(29-25(31)30-15-12-27-13-16-30)32(17-21(34)28-19-10-11-19)26(36)33(24(22)35)20-9-7-6-8-18(20)4-2;/h6-9,19,27H,4,10-17H2,1-2H3,(H,28,34);1H. The third-order valence-electron chi connectivity index (χ3n) is 6.68. The molecule has 0 spiro atoms. The van der Waals surface area contributed by atoms with Gasteiger partial charge in [0.2, 0.25) is 11.9 Å². The Morgan fingerprint density at radius 2 is 1.89 bits per heavy atom. The van der Waals surface area contributed by atoms with Crippen LogP contribution in [0.25, 0.3) is 16.9 Å². The molecule has 5 rings (SSSR count). The zero-order chi connectivity index (χ0) is 25.2. The number of carbonyl (C=O) groups is 1. The summed E-state index contributed by atoms with van der Waals surface area (Å²) < 4.78 is 4.31. The summed E-state index contributed by atoms with van der Waals surface area (Å²) in [6.07, 6.45) is 2.53. The van der Waals surface area contributed by atoms with Gasteiger partial charge in [-0.2, -0.15) is 4.98 Å². The molecule has 2 fully saturated rings. The number of nitrogens with one attached hydrogen (secondary N) is 2. The number of piperazine rings is 1. The van der Waals surface area contributed by atoms with Gasteiger partial charge in [-0.15, -0.1) is 18.3 Å². The summed E-state index contributed by atoms with van der Waals surface area (Å²) in [7, 11) is 0. The third-order valence-corrected chi connectivity index (χ3v) is 6.68. The van der Waals surface area contributed by atoms with E-state index in [1.165, 1.54) is 9.13 Å². The van der Waals surface area contributed by atoms with Gasteiger partial charge in [-0.3, -0.25) is 18.7 Å². The molecule has 1 aliphatic carbocycles. The van der Waals surface area contributed by atoms with Crippen molar-refractivity contribution in [3.63, 3.8) is 0 Å². The second kappa shape index (κ2) is 11.2. The maximum Gasteiger partial charge on any atom is 0.337 e. The van der Waals surface area contributed by atoms with Crippen molar-refractivity contribution in [2.75, 3.05) is 31.1 Å². The second-order valence-electron chi connectivity index (χ2n) is 9.17. The molecule has 1 aliphatic heterocycles. The van der Waals surface area contributed by atoms with Crippen LogP contribution >= 0.6 is 12.4 Å². The zero-order valence-electron chi connectivity index (χ0n) is 21.1. The van der Waals surface area contributed by atoms with Gasteiger partial charge in [-0.25, -0.2) is 9.36 Å². The van der Waals surface area contributed by atoms with Gasteiger partial charge in [0.05, 0.1) is 12.2 Å². The highest BCUT2D eigenvalue weighted by molar-refractivity contribution is 5.85. The first kappa shape index (κ1) is 26.5. The first-order valence-electron chi connectivity index (χ1n) is 12.5. The van der Waals surface area contributed by atoms with E-state index in [9.17, 15) is 14.4 Å². The van der Waals surface area contributed by atoms with Gasteiger partial charge in [-0.05, 0) is 37.8 Å². The number of hydrogen-bond donors (Lipinski definition) is 2. The van der Waals surface area contributed by atoms with Crippen LogP contribution in [0.3, 0.4) is 0 Å². The summed E-state index contributed by atoms with van der Waals surface area (Å²) in [6, 6.07) is 7.52. The maximum absolute atomic E-state index is 14.0. The zero-order valence-corrected chi connectivity index (χ0v) is 21.9. The number of nitrogens with zero attached hydrogens (tertiary/aromatic N) is 5. The molecule has 2 aromatic heterocycles. The van der Waals surface area contributed by atoms with Crippen LogP contribution < -0.4 is 26.8 Å². The van der Waals surface area contributed by atoms with Gasteiger partial charge >= 0.3 is 5.69 Å². The highest BCUT2D eigenvalue weighted by atomic mass is 35.5. The SMILES string of the molecule is CC#CCn1c(N2CCNCC2)nc2c1c(=O)n(-c1ccccc1CC)c(=O)n2CC(=O)NC1CC1.Cl. The van der Waals surface area contributed by atoms with Crippen molar-refractivity contribution in [1.82, 2.24) is 29.3 Å². The molecule has 2 N–H and O–H groups in total. The van der Waals surface area contributed by atoms with Crippen molar-refractivity contribution < 1.29 is 4.79 Å². The fraction of sp³-hybridized carbons (Fsp3) is 0.462. The van der Waals surface area contributed by atoms with Crippen molar-refractivity contribution in [1.29, 1.82) is 0 Å². The molecule has 2 aliphatic rings.